The van der Waals surface area contributed by atoms with Crippen LogP contribution in [0, 0.1) is 0 Å². The Morgan fingerprint density at radius 2 is 1.86 bits per heavy atom. The highest BCUT2D eigenvalue weighted by Gasteiger charge is 2.23. The molecule has 218 valence electrons. The third-order valence-electron chi connectivity index (χ3n) is 6.97. The number of ether oxygens (including phenoxy) is 2. The van der Waals surface area contributed by atoms with E-state index in [1.807, 2.05) is 12.1 Å². The van der Waals surface area contributed by atoms with Crippen LogP contribution in [0.3, 0.4) is 0 Å². The predicted octanol–water partition coefficient (Wildman–Crippen LogP) is 8.18. The Balaban J connectivity index is 1.45. The maximum atomic E-state index is 13.7. The fourth-order valence-corrected chi connectivity index (χ4v) is 6.02. The summed E-state index contributed by atoms with van der Waals surface area (Å²) >= 11 is 19.5. The predicted molar refractivity (Wildman–Crippen MR) is 174 cm³/mol. The lowest BCUT2D eigenvalue weighted by Crippen LogP contribution is -2.25. The Morgan fingerprint density at radius 1 is 1.12 bits per heavy atom. The van der Waals surface area contributed by atoms with Crippen LogP contribution in [0.15, 0.2) is 67.4 Å². The molecule has 5 rings (SSSR count). The number of nitrogens with zero attached hydrogens (tertiary/aromatic N) is 3. The Labute approximate surface area is 269 Å². The average molecular weight is 737 g/mol. The number of hydrogen-bond acceptors (Lipinski definition) is 6. The quantitative estimate of drug-likeness (QED) is 0.184. The summed E-state index contributed by atoms with van der Waals surface area (Å²) in [6, 6.07) is 13.9. The topological polar surface area (TPSA) is 94.8 Å². The molecule has 0 unspecified atom stereocenters. The molecule has 1 fully saturated rings. The number of carbonyl (C=O) groups is 1. The van der Waals surface area contributed by atoms with E-state index >= 15 is 0 Å². The first kappa shape index (κ1) is 30.5. The fraction of sp³-hybridized carbons (Fsp3) is 0.267. The molecule has 1 N–H and O–H groups in total. The number of fused-ring (bicyclic) bond motifs is 1. The molecule has 1 saturated carbocycles. The zero-order valence-electron chi connectivity index (χ0n) is 22.5. The Kier molecular flexibility index (Phi) is 9.88. The Hall–Kier alpha value is -2.92. The highest BCUT2D eigenvalue weighted by molar-refractivity contribution is 9.10. The zero-order valence-corrected chi connectivity index (χ0v) is 27.2. The summed E-state index contributed by atoms with van der Waals surface area (Å²) in [6.07, 6.45) is 6.78. The maximum absolute atomic E-state index is 13.7. The molecule has 0 radical (unpaired) electrons. The van der Waals surface area contributed by atoms with Crippen molar-refractivity contribution in [1.82, 2.24) is 9.66 Å². The van der Waals surface area contributed by atoms with Gasteiger partial charge in [0, 0.05) is 31.1 Å². The number of nitrogens with one attached hydrogen (secondary N) is 1. The van der Waals surface area contributed by atoms with E-state index in [-0.39, 0.29) is 34.8 Å². The van der Waals surface area contributed by atoms with E-state index in [9.17, 15) is 9.59 Å². The van der Waals surface area contributed by atoms with E-state index in [2.05, 4.69) is 42.3 Å². The fourth-order valence-electron chi connectivity index (χ4n) is 4.88. The van der Waals surface area contributed by atoms with Crippen molar-refractivity contribution in [1.29, 1.82) is 0 Å². The van der Waals surface area contributed by atoms with Crippen LogP contribution in [0.5, 0.6) is 11.5 Å². The van der Waals surface area contributed by atoms with Crippen LogP contribution in [0.4, 0.5) is 5.69 Å². The highest BCUT2D eigenvalue weighted by atomic mass is 79.9. The van der Waals surface area contributed by atoms with Crippen LogP contribution in [-0.4, -0.2) is 35.5 Å². The smallest absolute Gasteiger partial charge is 0.282 e. The van der Waals surface area contributed by atoms with Gasteiger partial charge < -0.3 is 14.8 Å². The van der Waals surface area contributed by atoms with Crippen LogP contribution in [0.1, 0.15) is 49.4 Å². The van der Waals surface area contributed by atoms with Crippen molar-refractivity contribution in [2.75, 3.05) is 19.0 Å². The van der Waals surface area contributed by atoms with Gasteiger partial charge in [-0.25, -0.2) is 4.98 Å². The van der Waals surface area contributed by atoms with Gasteiger partial charge in [0.15, 0.2) is 18.1 Å². The average Bonchev–Trinajstić information content (AvgIpc) is 2.99. The van der Waals surface area contributed by atoms with E-state index in [0.29, 0.717) is 43.2 Å². The molecule has 1 amide bonds. The van der Waals surface area contributed by atoms with Gasteiger partial charge >= 0.3 is 0 Å². The maximum Gasteiger partial charge on any atom is 0.282 e. The minimum atomic E-state index is -0.387. The number of aromatic nitrogens is 2. The van der Waals surface area contributed by atoms with Crippen LogP contribution >= 0.6 is 55.1 Å². The van der Waals surface area contributed by atoms with Crippen LogP contribution in [0.2, 0.25) is 10.0 Å². The molecule has 1 heterocycles. The SMILES string of the molecule is COc1cc(C=Nn2c(C3CCCCC3)nc3ccc(Br)cc3c2=O)c(Br)c(Cl)c1OCC(=O)Nc1ccc(Cl)cc1. The third-order valence-corrected chi connectivity index (χ3v) is 9.16. The van der Waals surface area contributed by atoms with Crippen molar-refractivity contribution in [3.63, 3.8) is 0 Å². The normalized spacial score (nSPS) is 13.9. The molecular formula is C30H26Br2Cl2N4O4. The monoisotopic (exact) mass is 734 g/mol. The molecule has 3 aromatic carbocycles. The van der Waals surface area contributed by atoms with E-state index < -0.39 is 0 Å². The van der Waals surface area contributed by atoms with Gasteiger partial charge in [-0.05, 0) is 77.3 Å². The Bertz CT molecular complexity index is 1720. The third kappa shape index (κ3) is 6.83. The van der Waals surface area contributed by atoms with Crippen molar-refractivity contribution in [2.45, 2.75) is 38.0 Å². The van der Waals surface area contributed by atoms with Gasteiger partial charge in [-0.1, -0.05) is 58.4 Å². The number of methoxy groups -OCH3 is 1. The van der Waals surface area contributed by atoms with Gasteiger partial charge in [-0.2, -0.15) is 9.78 Å². The number of anilines is 1. The molecule has 0 saturated heterocycles. The highest BCUT2D eigenvalue weighted by Crippen LogP contribution is 2.42. The van der Waals surface area contributed by atoms with Gasteiger partial charge in [-0.15, -0.1) is 0 Å². The lowest BCUT2D eigenvalue weighted by Gasteiger charge is -2.22. The van der Waals surface area contributed by atoms with E-state index in [4.69, 9.17) is 37.7 Å². The number of benzene rings is 3. The number of halogens is 4. The summed E-state index contributed by atoms with van der Waals surface area (Å²) in [4.78, 5) is 31.0. The zero-order chi connectivity index (χ0) is 29.8. The molecule has 4 aromatic rings. The van der Waals surface area contributed by atoms with Crippen molar-refractivity contribution < 1.29 is 14.3 Å². The van der Waals surface area contributed by atoms with Crippen molar-refractivity contribution in [3.8, 4) is 11.5 Å². The standard InChI is InChI=1S/C30H26Br2Cl2N4O4/c1-41-24-13-18(26(32)27(34)28(24)42-16-25(39)36-21-10-8-20(33)9-11-21)15-35-38-29(17-5-3-2-4-6-17)37-23-12-7-19(31)14-22(23)30(38)40/h7-15,17H,2-6,16H2,1H3,(H,36,39). The van der Waals surface area contributed by atoms with Crippen LogP contribution < -0.4 is 20.3 Å². The summed E-state index contributed by atoms with van der Waals surface area (Å²) in [5, 5.41) is 8.57. The number of hydrogen-bond donors (Lipinski definition) is 1. The van der Waals surface area contributed by atoms with Crippen LogP contribution in [-0.2, 0) is 4.79 Å². The molecule has 0 bridgehead atoms. The molecule has 12 heteroatoms. The van der Waals surface area contributed by atoms with Gasteiger partial charge in [-0.3, -0.25) is 9.59 Å². The minimum Gasteiger partial charge on any atom is -0.493 e. The first-order valence-electron chi connectivity index (χ1n) is 13.3. The molecule has 1 aromatic heterocycles. The summed E-state index contributed by atoms with van der Waals surface area (Å²) in [5.41, 5.74) is 1.52. The van der Waals surface area contributed by atoms with Gasteiger partial charge in [0.25, 0.3) is 11.5 Å². The lowest BCUT2D eigenvalue weighted by atomic mass is 9.88. The summed E-state index contributed by atoms with van der Waals surface area (Å²) in [6.45, 7) is -0.308. The Morgan fingerprint density at radius 3 is 2.57 bits per heavy atom. The lowest BCUT2D eigenvalue weighted by molar-refractivity contribution is -0.118. The second-order valence-corrected chi connectivity index (χ2v) is 12.3. The van der Waals surface area contributed by atoms with Gasteiger partial charge in [0.2, 0.25) is 0 Å². The number of rotatable bonds is 8. The largest absolute Gasteiger partial charge is 0.493 e. The first-order valence-corrected chi connectivity index (χ1v) is 15.6. The summed E-state index contributed by atoms with van der Waals surface area (Å²) in [5.74, 6) is 0.873. The molecular weight excluding hydrogens is 711 g/mol. The first-order chi connectivity index (χ1) is 20.2. The molecule has 0 aliphatic heterocycles. The van der Waals surface area contributed by atoms with E-state index in [1.165, 1.54) is 24.4 Å². The molecule has 0 atom stereocenters. The molecule has 1 aliphatic carbocycles. The van der Waals surface area contributed by atoms with Crippen molar-refractivity contribution >= 4 is 83.8 Å². The minimum absolute atomic E-state index is 0.132. The molecule has 8 nitrogen and oxygen atoms in total. The van der Waals surface area contributed by atoms with Gasteiger partial charge in [0.1, 0.15) is 10.8 Å². The second-order valence-electron chi connectivity index (χ2n) is 9.80. The number of carbonyl (C=O) groups excluding carboxylic acids is 1. The molecule has 1 aliphatic rings. The van der Waals surface area contributed by atoms with Gasteiger partial charge in [0.05, 0.1) is 24.2 Å². The summed E-state index contributed by atoms with van der Waals surface area (Å²) in [7, 11) is 1.47. The number of amides is 1. The van der Waals surface area contributed by atoms with E-state index in [0.717, 1.165) is 30.2 Å². The van der Waals surface area contributed by atoms with Crippen molar-refractivity contribution in [2.24, 2.45) is 5.10 Å². The summed E-state index contributed by atoms with van der Waals surface area (Å²) < 4.78 is 13.9. The molecule has 0 spiro atoms. The molecule has 42 heavy (non-hydrogen) atoms. The van der Waals surface area contributed by atoms with Crippen LogP contribution in [0.25, 0.3) is 10.9 Å². The van der Waals surface area contributed by atoms with Crippen molar-refractivity contribution in [3.05, 3.63) is 89.3 Å². The second kappa shape index (κ2) is 13.6. The van der Waals surface area contributed by atoms with E-state index in [1.54, 1.807) is 36.4 Å².